The number of methoxy groups -OCH3 is 1. The number of halogens is 3. The van der Waals surface area contributed by atoms with Gasteiger partial charge in [-0.25, -0.2) is 4.68 Å². The number of amides is 1. The third-order valence-corrected chi connectivity index (χ3v) is 5.97. The molecule has 1 aromatic carbocycles. The molecular formula is C20H19F3N4O2S. The topological polar surface area (TPSA) is 68.2 Å². The van der Waals surface area contributed by atoms with Gasteiger partial charge in [0.2, 0.25) is 0 Å². The highest BCUT2D eigenvalue weighted by molar-refractivity contribution is 7.10. The van der Waals surface area contributed by atoms with Crippen LogP contribution >= 0.6 is 11.3 Å². The van der Waals surface area contributed by atoms with Crippen LogP contribution in [0.25, 0.3) is 0 Å². The van der Waals surface area contributed by atoms with Crippen molar-refractivity contribution in [3.8, 4) is 5.75 Å². The van der Waals surface area contributed by atoms with Gasteiger partial charge in [-0.3, -0.25) is 4.79 Å². The van der Waals surface area contributed by atoms with E-state index in [2.05, 4.69) is 15.7 Å². The Morgan fingerprint density at radius 3 is 2.73 bits per heavy atom. The minimum absolute atomic E-state index is 0.0780. The van der Waals surface area contributed by atoms with Gasteiger partial charge in [-0.05, 0) is 29.1 Å². The Labute approximate surface area is 174 Å². The Hall–Kier alpha value is -3.01. The van der Waals surface area contributed by atoms with Crippen molar-refractivity contribution in [2.24, 2.45) is 0 Å². The van der Waals surface area contributed by atoms with Crippen molar-refractivity contribution in [2.45, 2.75) is 31.2 Å². The molecule has 1 aliphatic rings. The van der Waals surface area contributed by atoms with E-state index in [0.29, 0.717) is 5.75 Å². The average molecular weight is 436 g/mol. The van der Waals surface area contributed by atoms with Crippen LogP contribution in [0.15, 0.2) is 48.0 Å². The Balaban J connectivity index is 1.56. The standard InChI is InChI=1S/C20H19F3N4O2S/c1-29-13-6-4-12(5-7-13)10-24-19(28)14-11-25-27-17(20(21,22)23)9-15(26-18(14)27)16-3-2-8-30-16/h2-8,11,15,17,26H,9-10H2,1H3,(H,24,28)/t15-,17-/m0/s1. The molecule has 30 heavy (non-hydrogen) atoms. The summed E-state index contributed by atoms with van der Waals surface area (Å²) in [5.41, 5.74) is 0.918. The van der Waals surface area contributed by atoms with E-state index in [-0.39, 0.29) is 24.3 Å². The van der Waals surface area contributed by atoms with Crippen molar-refractivity contribution in [2.75, 3.05) is 12.4 Å². The fraction of sp³-hybridized carbons (Fsp3) is 0.300. The van der Waals surface area contributed by atoms with E-state index in [9.17, 15) is 18.0 Å². The molecule has 3 heterocycles. The summed E-state index contributed by atoms with van der Waals surface area (Å²) in [4.78, 5) is 13.5. The lowest BCUT2D eigenvalue weighted by atomic mass is 10.0. The molecule has 0 aliphatic carbocycles. The average Bonchev–Trinajstić information content (AvgIpc) is 3.41. The maximum atomic E-state index is 13.7. The first kappa shape index (κ1) is 20.3. The molecule has 1 aliphatic heterocycles. The molecule has 0 spiro atoms. The van der Waals surface area contributed by atoms with Crippen LogP contribution in [0.4, 0.5) is 19.0 Å². The summed E-state index contributed by atoms with van der Waals surface area (Å²) in [6, 6.07) is 8.37. The number of hydrogen-bond donors (Lipinski definition) is 2. The van der Waals surface area contributed by atoms with Gasteiger partial charge in [0, 0.05) is 17.8 Å². The number of carbonyl (C=O) groups is 1. The summed E-state index contributed by atoms with van der Waals surface area (Å²) in [5, 5.41) is 11.5. The van der Waals surface area contributed by atoms with Crippen molar-refractivity contribution in [3.05, 3.63) is 64.0 Å². The first-order chi connectivity index (χ1) is 14.4. The molecule has 2 aromatic heterocycles. The fourth-order valence-electron chi connectivity index (χ4n) is 3.43. The number of carbonyl (C=O) groups excluding carboxylic acids is 1. The molecule has 0 fully saturated rings. The maximum Gasteiger partial charge on any atom is 0.410 e. The SMILES string of the molecule is COc1ccc(CNC(=O)c2cnn3c2N[C@H](c2cccs2)C[C@H]3C(F)(F)F)cc1. The van der Waals surface area contributed by atoms with Crippen molar-refractivity contribution < 1.29 is 22.7 Å². The van der Waals surface area contributed by atoms with Crippen LogP contribution in [0.1, 0.15) is 39.3 Å². The smallest absolute Gasteiger partial charge is 0.410 e. The van der Waals surface area contributed by atoms with E-state index in [1.807, 2.05) is 5.38 Å². The zero-order valence-corrected chi connectivity index (χ0v) is 16.8. The Bertz CT molecular complexity index is 1020. The second kappa shape index (κ2) is 8.02. The van der Waals surface area contributed by atoms with Crippen molar-refractivity contribution >= 4 is 23.1 Å². The number of aromatic nitrogens is 2. The van der Waals surface area contributed by atoms with Crippen LogP contribution in [0, 0.1) is 0 Å². The number of fused-ring (bicyclic) bond motifs is 1. The highest BCUT2D eigenvalue weighted by atomic mass is 32.1. The van der Waals surface area contributed by atoms with Crippen LogP contribution in [-0.2, 0) is 6.54 Å². The minimum atomic E-state index is -4.48. The molecule has 0 bridgehead atoms. The maximum absolute atomic E-state index is 13.7. The summed E-state index contributed by atoms with van der Waals surface area (Å²) >= 11 is 1.37. The van der Waals surface area contributed by atoms with Gasteiger partial charge in [-0.2, -0.15) is 18.3 Å². The van der Waals surface area contributed by atoms with Crippen molar-refractivity contribution in [1.29, 1.82) is 0 Å². The predicted molar refractivity (Wildman–Crippen MR) is 107 cm³/mol. The summed E-state index contributed by atoms with van der Waals surface area (Å²) in [7, 11) is 1.56. The first-order valence-electron chi connectivity index (χ1n) is 9.22. The van der Waals surface area contributed by atoms with Gasteiger partial charge in [-0.1, -0.05) is 18.2 Å². The molecule has 3 aromatic rings. The summed E-state index contributed by atoms with van der Waals surface area (Å²) < 4.78 is 47.0. The normalized spacial score (nSPS) is 18.4. The highest BCUT2D eigenvalue weighted by Gasteiger charge is 2.47. The van der Waals surface area contributed by atoms with Gasteiger partial charge in [0.15, 0.2) is 6.04 Å². The summed E-state index contributed by atoms with van der Waals surface area (Å²) in [6.45, 7) is 0.227. The van der Waals surface area contributed by atoms with Crippen LogP contribution in [0.2, 0.25) is 0 Å². The number of nitrogens with zero attached hydrogens (tertiary/aromatic N) is 2. The molecule has 4 rings (SSSR count). The van der Waals surface area contributed by atoms with Crippen LogP contribution in [-0.4, -0.2) is 29.0 Å². The molecule has 0 unspecified atom stereocenters. The second-order valence-electron chi connectivity index (χ2n) is 6.89. The van der Waals surface area contributed by atoms with Gasteiger partial charge in [0.05, 0.1) is 19.3 Å². The third-order valence-electron chi connectivity index (χ3n) is 4.98. The number of hydrogen-bond acceptors (Lipinski definition) is 5. The molecule has 158 valence electrons. The number of anilines is 1. The molecule has 2 N–H and O–H groups in total. The van der Waals surface area contributed by atoms with Crippen LogP contribution in [0.5, 0.6) is 5.75 Å². The lowest BCUT2D eigenvalue weighted by Gasteiger charge is -2.33. The lowest BCUT2D eigenvalue weighted by Crippen LogP contribution is -2.36. The van der Waals surface area contributed by atoms with Crippen LogP contribution in [0.3, 0.4) is 0 Å². The van der Waals surface area contributed by atoms with Crippen molar-refractivity contribution in [3.63, 3.8) is 0 Å². The van der Waals surface area contributed by atoms with E-state index >= 15 is 0 Å². The zero-order chi connectivity index (χ0) is 21.3. The van der Waals surface area contributed by atoms with Gasteiger partial charge >= 0.3 is 6.18 Å². The zero-order valence-electron chi connectivity index (χ0n) is 15.9. The summed E-state index contributed by atoms with van der Waals surface area (Å²) in [5.74, 6) is 0.277. The summed E-state index contributed by atoms with van der Waals surface area (Å²) in [6.07, 6.45) is -3.48. The largest absolute Gasteiger partial charge is 0.497 e. The second-order valence-corrected chi connectivity index (χ2v) is 7.87. The Morgan fingerprint density at radius 1 is 1.33 bits per heavy atom. The van der Waals surface area contributed by atoms with E-state index in [1.54, 1.807) is 43.5 Å². The van der Waals surface area contributed by atoms with E-state index in [4.69, 9.17) is 4.74 Å². The number of ether oxygens (including phenoxy) is 1. The Morgan fingerprint density at radius 2 is 2.10 bits per heavy atom. The molecule has 0 saturated carbocycles. The third kappa shape index (κ3) is 4.00. The molecular weight excluding hydrogens is 417 g/mol. The molecule has 2 atom stereocenters. The molecule has 0 radical (unpaired) electrons. The lowest BCUT2D eigenvalue weighted by molar-refractivity contribution is -0.173. The molecule has 0 saturated heterocycles. The fourth-order valence-corrected chi connectivity index (χ4v) is 4.22. The number of alkyl halides is 3. The van der Waals surface area contributed by atoms with Gasteiger partial charge in [0.1, 0.15) is 17.1 Å². The van der Waals surface area contributed by atoms with E-state index in [1.165, 1.54) is 17.5 Å². The van der Waals surface area contributed by atoms with E-state index < -0.39 is 24.2 Å². The predicted octanol–water partition coefficient (Wildman–Crippen LogP) is 4.54. The number of thiophene rings is 1. The Kier molecular flexibility index (Phi) is 5.42. The molecule has 1 amide bonds. The number of nitrogens with one attached hydrogen (secondary N) is 2. The number of rotatable bonds is 5. The highest BCUT2D eigenvalue weighted by Crippen LogP contribution is 2.45. The van der Waals surface area contributed by atoms with Gasteiger partial charge in [-0.15, -0.1) is 11.3 Å². The minimum Gasteiger partial charge on any atom is -0.497 e. The van der Waals surface area contributed by atoms with Crippen LogP contribution < -0.4 is 15.4 Å². The molecule has 6 nitrogen and oxygen atoms in total. The quantitative estimate of drug-likeness (QED) is 0.616. The van der Waals surface area contributed by atoms with E-state index in [0.717, 1.165) is 15.1 Å². The van der Waals surface area contributed by atoms with Gasteiger partial charge in [0.25, 0.3) is 5.91 Å². The monoisotopic (exact) mass is 436 g/mol. The number of benzene rings is 1. The molecule has 10 heteroatoms. The first-order valence-corrected chi connectivity index (χ1v) is 10.1. The van der Waals surface area contributed by atoms with Gasteiger partial charge < -0.3 is 15.4 Å². The van der Waals surface area contributed by atoms with Crippen molar-refractivity contribution in [1.82, 2.24) is 15.1 Å².